The van der Waals surface area contributed by atoms with Gasteiger partial charge in [-0.15, -0.1) is 11.3 Å². The minimum atomic E-state index is -0.611. The zero-order valence-electron chi connectivity index (χ0n) is 10.5. The molecule has 7 heteroatoms. The fourth-order valence-electron chi connectivity index (χ4n) is 1.41. The molecule has 2 aromatic rings. The van der Waals surface area contributed by atoms with Crippen molar-refractivity contribution >= 4 is 34.9 Å². The van der Waals surface area contributed by atoms with Crippen molar-refractivity contribution in [1.82, 2.24) is 4.98 Å². The first-order chi connectivity index (χ1) is 9.60. The zero-order chi connectivity index (χ0) is 14.5. The van der Waals surface area contributed by atoms with Crippen LogP contribution in [-0.2, 0) is 16.1 Å². The van der Waals surface area contributed by atoms with Crippen molar-refractivity contribution in [1.29, 1.82) is 0 Å². The van der Waals surface area contributed by atoms with E-state index in [9.17, 15) is 9.59 Å². The van der Waals surface area contributed by atoms with E-state index < -0.39 is 11.9 Å². The number of pyridine rings is 1. The molecule has 2 heterocycles. The number of nitrogens with zero attached hydrogens (tertiary/aromatic N) is 1. The molecule has 0 atom stereocenters. The molecule has 0 saturated carbocycles. The Hall–Kier alpha value is -1.92. The van der Waals surface area contributed by atoms with Crippen LogP contribution in [0.25, 0.3) is 0 Å². The van der Waals surface area contributed by atoms with Crippen molar-refractivity contribution in [3.8, 4) is 0 Å². The SMILES string of the molecule is COC(=O)c1cccc(C(=O)OCc2ccc(Cl)s2)n1. The van der Waals surface area contributed by atoms with Crippen LogP contribution in [0.2, 0.25) is 4.34 Å². The predicted molar refractivity (Wildman–Crippen MR) is 74.0 cm³/mol. The third kappa shape index (κ3) is 3.55. The molecule has 2 rings (SSSR count). The molecular formula is C13H10ClNO4S. The van der Waals surface area contributed by atoms with E-state index in [1.807, 2.05) is 0 Å². The van der Waals surface area contributed by atoms with Gasteiger partial charge in [0.25, 0.3) is 0 Å². The molecule has 0 unspecified atom stereocenters. The number of aromatic nitrogens is 1. The summed E-state index contributed by atoms with van der Waals surface area (Å²) in [6, 6.07) is 7.97. The van der Waals surface area contributed by atoms with E-state index in [-0.39, 0.29) is 18.0 Å². The Balaban J connectivity index is 2.03. The highest BCUT2D eigenvalue weighted by molar-refractivity contribution is 7.16. The van der Waals surface area contributed by atoms with Crippen LogP contribution in [-0.4, -0.2) is 24.0 Å². The molecular weight excluding hydrogens is 302 g/mol. The molecule has 0 spiro atoms. The summed E-state index contributed by atoms with van der Waals surface area (Å²) in [5, 5.41) is 0. The van der Waals surface area contributed by atoms with Crippen LogP contribution in [0.5, 0.6) is 0 Å². The van der Waals surface area contributed by atoms with Gasteiger partial charge in [-0.05, 0) is 24.3 Å². The molecule has 0 radical (unpaired) electrons. The molecule has 5 nitrogen and oxygen atoms in total. The molecule has 0 aromatic carbocycles. The molecule has 0 bridgehead atoms. The molecule has 0 aliphatic carbocycles. The topological polar surface area (TPSA) is 65.5 Å². The van der Waals surface area contributed by atoms with E-state index >= 15 is 0 Å². The maximum atomic E-state index is 11.8. The lowest BCUT2D eigenvalue weighted by Crippen LogP contribution is -2.11. The highest BCUT2D eigenvalue weighted by Crippen LogP contribution is 2.22. The summed E-state index contributed by atoms with van der Waals surface area (Å²) in [5.41, 5.74) is 0.108. The van der Waals surface area contributed by atoms with Gasteiger partial charge in [0.2, 0.25) is 0 Å². The Morgan fingerprint density at radius 1 is 1.20 bits per heavy atom. The van der Waals surface area contributed by atoms with Crippen LogP contribution in [0, 0.1) is 0 Å². The first kappa shape index (κ1) is 14.5. The number of halogens is 1. The van der Waals surface area contributed by atoms with Gasteiger partial charge in [-0.1, -0.05) is 17.7 Å². The second-order valence-corrected chi connectivity index (χ2v) is 5.48. The molecule has 2 aromatic heterocycles. The lowest BCUT2D eigenvalue weighted by atomic mass is 10.3. The van der Waals surface area contributed by atoms with E-state index in [1.165, 1.54) is 36.6 Å². The number of hydrogen-bond acceptors (Lipinski definition) is 6. The number of thiophene rings is 1. The standard InChI is InChI=1S/C13H10ClNO4S/c1-18-12(16)9-3-2-4-10(15-9)13(17)19-7-8-5-6-11(14)20-8/h2-6H,7H2,1H3. The largest absolute Gasteiger partial charge is 0.464 e. The number of carbonyl (C=O) groups excluding carboxylic acids is 2. The summed E-state index contributed by atoms with van der Waals surface area (Å²) in [4.78, 5) is 27.9. The monoisotopic (exact) mass is 311 g/mol. The van der Waals surface area contributed by atoms with Gasteiger partial charge >= 0.3 is 11.9 Å². The maximum absolute atomic E-state index is 11.8. The van der Waals surface area contributed by atoms with Crippen molar-refractivity contribution in [2.24, 2.45) is 0 Å². The van der Waals surface area contributed by atoms with Crippen LogP contribution in [0.4, 0.5) is 0 Å². The van der Waals surface area contributed by atoms with Gasteiger partial charge in [-0.25, -0.2) is 14.6 Å². The molecule has 0 aliphatic rings. The summed E-state index contributed by atoms with van der Waals surface area (Å²) < 4.78 is 10.3. The molecule has 0 N–H and O–H groups in total. The summed E-state index contributed by atoms with van der Waals surface area (Å²) in [6.07, 6.45) is 0. The van der Waals surface area contributed by atoms with Crippen LogP contribution in [0.15, 0.2) is 30.3 Å². The highest BCUT2D eigenvalue weighted by Gasteiger charge is 2.14. The number of ether oxygens (including phenoxy) is 2. The number of rotatable bonds is 4. The third-order valence-electron chi connectivity index (χ3n) is 2.33. The lowest BCUT2D eigenvalue weighted by Gasteiger charge is -2.04. The normalized spacial score (nSPS) is 10.1. The lowest BCUT2D eigenvalue weighted by molar-refractivity contribution is 0.0469. The number of hydrogen-bond donors (Lipinski definition) is 0. The second kappa shape index (κ2) is 6.49. The Morgan fingerprint density at radius 2 is 1.90 bits per heavy atom. The molecule has 0 fully saturated rings. The Kier molecular flexibility index (Phi) is 4.70. The van der Waals surface area contributed by atoms with Gasteiger partial charge in [0, 0.05) is 4.88 Å². The predicted octanol–water partition coefficient (Wildman–Crippen LogP) is 2.94. The minimum Gasteiger partial charge on any atom is -0.464 e. The summed E-state index contributed by atoms with van der Waals surface area (Å²) >= 11 is 7.11. The van der Waals surface area contributed by atoms with Gasteiger partial charge < -0.3 is 9.47 Å². The molecule has 20 heavy (non-hydrogen) atoms. The van der Waals surface area contributed by atoms with Crippen molar-refractivity contribution in [2.45, 2.75) is 6.61 Å². The van der Waals surface area contributed by atoms with Crippen molar-refractivity contribution in [3.05, 3.63) is 50.9 Å². The summed E-state index contributed by atoms with van der Waals surface area (Å²) in [5.74, 6) is -1.22. The van der Waals surface area contributed by atoms with E-state index in [4.69, 9.17) is 16.3 Å². The van der Waals surface area contributed by atoms with Crippen LogP contribution in [0.3, 0.4) is 0 Å². The molecule has 0 aliphatic heterocycles. The second-order valence-electron chi connectivity index (χ2n) is 3.68. The Bertz CT molecular complexity index is 641. The number of carbonyl (C=O) groups is 2. The molecule has 0 amide bonds. The van der Waals surface area contributed by atoms with E-state index in [0.717, 1.165) is 4.88 Å². The summed E-state index contributed by atoms with van der Waals surface area (Å²) in [6.45, 7) is 0.111. The number of esters is 2. The average Bonchev–Trinajstić information content (AvgIpc) is 2.89. The molecule has 104 valence electrons. The van der Waals surface area contributed by atoms with E-state index in [2.05, 4.69) is 9.72 Å². The molecule has 0 saturated heterocycles. The van der Waals surface area contributed by atoms with Crippen LogP contribution >= 0.6 is 22.9 Å². The van der Waals surface area contributed by atoms with Gasteiger partial charge in [0.15, 0.2) is 0 Å². The Morgan fingerprint density at radius 3 is 2.50 bits per heavy atom. The van der Waals surface area contributed by atoms with Crippen LogP contribution < -0.4 is 0 Å². The maximum Gasteiger partial charge on any atom is 0.357 e. The van der Waals surface area contributed by atoms with Gasteiger partial charge in [-0.3, -0.25) is 0 Å². The van der Waals surface area contributed by atoms with Crippen molar-refractivity contribution in [3.63, 3.8) is 0 Å². The smallest absolute Gasteiger partial charge is 0.357 e. The van der Waals surface area contributed by atoms with Crippen molar-refractivity contribution < 1.29 is 19.1 Å². The van der Waals surface area contributed by atoms with Crippen LogP contribution in [0.1, 0.15) is 25.9 Å². The van der Waals surface area contributed by atoms with Gasteiger partial charge in [0.1, 0.15) is 18.0 Å². The van der Waals surface area contributed by atoms with E-state index in [1.54, 1.807) is 12.1 Å². The van der Waals surface area contributed by atoms with E-state index in [0.29, 0.717) is 4.34 Å². The fourth-order valence-corrected chi connectivity index (χ4v) is 2.41. The minimum absolute atomic E-state index is 0.0514. The average molecular weight is 312 g/mol. The highest BCUT2D eigenvalue weighted by atomic mass is 35.5. The third-order valence-corrected chi connectivity index (χ3v) is 3.53. The quantitative estimate of drug-likeness (QED) is 0.812. The van der Waals surface area contributed by atoms with Crippen molar-refractivity contribution in [2.75, 3.05) is 7.11 Å². The fraction of sp³-hybridized carbons (Fsp3) is 0.154. The number of methoxy groups -OCH3 is 1. The van der Waals surface area contributed by atoms with Gasteiger partial charge in [0.05, 0.1) is 11.4 Å². The van der Waals surface area contributed by atoms with Gasteiger partial charge in [-0.2, -0.15) is 0 Å². The first-order valence-corrected chi connectivity index (χ1v) is 6.76. The zero-order valence-corrected chi connectivity index (χ0v) is 12.0. The first-order valence-electron chi connectivity index (χ1n) is 5.57. The summed E-state index contributed by atoms with van der Waals surface area (Å²) in [7, 11) is 1.25. The Labute approximate surface area is 124 Å².